The van der Waals surface area contributed by atoms with Crippen molar-refractivity contribution in [2.75, 3.05) is 4.72 Å². The van der Waals surface area contributed by atoms with E-state index in [4.69, 9.17) is 0 Å². The number of halogens is 2. The Labute approximate surface area is 114 Å². The topological polar surface area (TPSA) is 66.4 Å². The molecule has 0 aliphatic rings. The van der Waals surface area contributed by atoms with Crippen LogP contribution < -0.4 is 4.72 Å². The lowest BCUT2D eigenvalue weighted by Crippen LogP contribution is -2.14. The highest BCUT2D eigenvalue weighted by atomic mass is 32.2. The van der Waals surface area contributed by atoms with E-state index in [0.717, 1.165) is 12.1 Å². The number of anilines is 1. The third kappa shape index (κ3) is 2.72. The smallest absolute Gasteiger partial charge is 0.262 e. The van der Waals surface area contributed by atoms with Crippen molar-refractivity contribution in [1.29, 1.82) is 0 Å². The van der Waals surface area contributed by atoms with Crippen LogP contribution in [0.5, 0.6) is 5.75 Å². The van der Waals surface area contributed by atoms with Crippen LogP contribution >= 0.6 is 0 Å². The van der Waals surface area contributed by atoms with Crippen LogP contribution in [0, 0.1) is 18.6 Å². The number of benzene rings is 2. The molecule has 20 heavy (non-hydrogen) atoms. The highest BCUT2D eigenvalue weighted by Crippen LogP contribution is 2.29. The van der Waals surface area contributed by atoms with Crippen LogP contribution in [0.1, 0.15) is 5.56 Å². The maximum Gasteiger partial charge on any atom is 0.262 e. The molecule has 0 radical (unpaired) electrons. The van der Waals surface area contributed by atoms with Gasteiger partial charge in [0.2, 0.25) is 0 Å². The molecule has 0 heterocycles. The zero-order valence-corrected chi connectivity index (χ0v) is 11.2. The number of rotatable bonds is 3. The molecule has 0 aromatic heterocycles. The maximum absolute atomic E-state index is 13.1. The molecule has 0 saturated carbocycles. The summed E-state index contributed by atoms with van der Waals surface area (Å²) in [6.07, 6.45) is 0. The summed E-state index contributed by atoms with van der Waals surface area (Å²) < 4.78 is 52.2. The van der Waals surface area contributed by atoms with Gasteiger partial charge in [0, 0.05) is 0 Å². The number of para-hydroxylation sites is 1. The zero-order valence-electron chi connectivity index (χ0n) is 10.4. The molecule has 2 N–H and O–H groups in total. The number of aromatic hydroxyl groups is 1. The average molecular weight is 299 g/mol. The van der Waals surface area contributed by atoms with E-state index in [0.29, 0.717) is 11.6 Å². The Morgan fingerprint density at radius 2 is 1.80 bits per heavy atom. The molecule has 0 unspecified atom stereocenters. The monoisotopic (exact) mass is 299 g/mol. The number of hydrogen-bond acceptors (Lipinski definition) is 3. The summed E-state index contributed by atoms with van der Waals surface area (Å²) in [5, 5.41) is 9.64. The third-order valence-corrected chi connectivity index (χ3v) is 4.04. The minimum Gasteiger partial charge on any atom is -0.506 e. The van der Waals surface area contributed by atoms with Gasteiger partial charge >= 0.3 is 0 Å². The number of sulfonamides is 1. The van der Waals surface area contributed by atoms with Gasteiger partial charge in [-0.1, -0.05) is 12.1 Å². The van der Waals surface area contributed by atoms with Gasteiger partial charge in [-0.15, -0.1) is 0 Å². The summed E-state index contributed by atoms with van der Waals surface area (Å²) in [7, 11) is -4.11. The molecular formula is C13H11F2NO3S. The molecule has 0 aliphatic carbocycles. The maximum atomic E-state index is 13.1. The second kappa shape index (κ2) is 5.09. The van der Waals surface area contributed by atoms with Crippen molar-refractivity contribution >= 4 is 15.7 Å². The van der Waals surface area contributed by atoms with E-state index in [-0.39, 0.29) is 11.4 Å². The molecular weight excluding hydrogens is 288 g/mol. The van der Waals surface area contributed by atoms with Crippen LogP contribution in [0.2, 0.25) is 0 Å². The van der Waals surface area contributed by atoms with Crippen molar-refractivity contribution in [2.45, 2.75) is 11.8 Å². The van der Waals surface area contributed by atoms with Crippen LogP contribution in [0.15, 0.2) is 41.3 Å². The summed E-state index contributed by atoms with van der Waals surface area (Å²) in [5.41, 5.74) is 0.494. The van der Waals surface area contributed by atoms with Crippen molar-refractivity contribution in [1.82, 2.24) is 0 Å². The highest BCUT2D eigenvalue weighted by Gasteiger charge is 2.19. The van der Waals surface area contributed by atoms with Gasteiger partial charge < -0.3 is 5.11 Å². The van der Waals surface area contributed by atoms with Gasteiger partial charge in [0.25, 0.3) is 10.0 Å². The minimum absolute atomic E-state index is 0.00256. The molecule has 0 spiro atoms. The standard InChI is InChI=1S/C13H11F2NO3S/c1-8-3-2-4-12(17)13(8)16-20(18,19)9-5-6-10(14)11(15)7-9/h2-7,16-17H,1H3. The van der Waals surface area contributed by atoms with Gasteiger partial charge in [0.1, 0.15) is 5.75 Å². The summed E-state index contributed by atoms with van der Waals surface area (Å²) in [6, 6.07) is 6.71. The molecule has 0 aliphatic heterocycles. The molecule has 2 aromatic rings. The SMILES string of the molecule is Cc1cccc(O)c1NS(=O)(=O)c1ccc(F)c(F)c1. The summed E-state index contributed by atoms with van der Waals surface area (Å²) in [4.78, 5) is -0.431. The van der Waals surface area contributed by atoms with Gasteiger partial charge in [-0.2, -0.15) is 0 Å². The minimum atomic E-state index is -4.11. The summed E-state index contributed by atoms with van der Waals surface area (Å²) >= 11 is 0. The van der Waals surface area contributed by atoms with Crippen LogP contribution in [0.4, 0.5) is 14.5 Å². The van der Waals surface area contributed by atoms with Crippen molar-refractivity contribution in [2.24, 2.45) is 0 Å². The number of nitrogens with one attached hydrogen (secondary N) is 1. The van der Waals surface area contributed by atoms with Gasteiger partial charge in [-0.3, -0.25) is 4.72 Å². The highest BCUT2D eigenvalue weighted by molar-refractivity contribution is 7.92. The molecule has 0 saturated heterocycles. The van der Waals surface area contributed by atoms with E-state index in [1.165, 1.54) is 6.07 Å². The second-order valence-electron chi connectivity index (χ2n) is 4.15. The first-order valence-corrected chi connectivity index (χ1v) is 7.06. The number of phenolic OH excluding ortho intramolecular Hbond substituents is 1. The second-order valence-corrected chi connectivity index (χ2v) is 5.83. The van der Waals surface area contributed by atoms with Crippen LogP contribution in [0.25, 0.3) is 0 Å². The van der Waals surface area contributed by atoms with E-state index >= 15 is 0 Å². The first-order chi connectivity index (χ1) is 9.31. The Morgan fingerprint density at radius 1 is 1.10 bits per heavy atom. The molecule has 0 amide bonds. The quantitative estimate of drug-likeness (QED) is 0.856. The molecule has 0 fully saturated rings. The van der Waals surface area contributed by atoms with Crippen molar-refractivity contribution < 1.29 is 22.3 Å². The fourth-order valence-electron chi connectivity index (χ4n) is 1.62. The molecule has 2 aromatic carbocycles. The van der Waals surface area contributed by atoms with Crippen molar-refractivity contribution in [3.8, 4) is 5.75 Å². The molecule has 4 nitrogen and oxygen atoms in total. The van der Waals surface area contributed by atoms with Crippen LogP contribution in [-0.4, -0.2) is 13.5 Å². The van der Waals surface area contributed by atoms with Gasteiger partial charge in [0.05, 0.1) is 10.6 Å². The van der Waals surface area contributed by atoms with Crippen molar-refractivity contribution in [3.63, 3.8) is 0 Å². The fraction of sp³-hybridized carbons (Fsp3) is 0.0769. The lowest BCUT2D eigenvalue weighted by atomic mass is 10.2. The fourth-order valence-corrected chi connectivity index (χ4v) is 2.78. The van der Waals surface area contributed by atoms with Gasteiger partial charge in [-0.25, -0.2) is 17.2 Å². The molecule has 2 rings (SSSR count). The first-order valence-electron chi connectivity index (χ1n) is 5.58. The molecule has 0 bridgehead atoms. The number of hydrogen-bond donors (Lipinski definition) is 2. The van der Waals surface area contributed by atoms with Gasteiger partial charge in [0.15, 0.2) is 11.6 Å². The van der Waals surface area contributed by atoms with Crippen LogP contribution in [-0.2, 0) is 10.0 Å². The summed E-state index contributed by atoms with van der Waals surface area (Å²) in [5.74, 6) is -2.65. The normalized spacial score (nSPS) is 11.3. The van der Waals surface area contributed by atoms with E-state index in [1.54, 1.807) is 19.1 Å². The number of phenols is 1. The lowest BCUT2D eigenvalue weighted by Gasteiger charge is -2.12. The van der Waals surface area contributed by atoms with E-state index < -0.39 is 26.6 Å². The Kier molecular flexibility index (Phi) is 3.63. The van der Waals surface area contributed by atoms with Crippen molar-refractivity contribution in [3.05, 3.63) is 53.6 Å². The van der Waals surface area contributed by atoms with E-state index in [1.807, 2.05) is 0 Å². The van der Waals surface area contributed by atoms with E-state index in [9.17, 15) is 22.3 Å². The lowest BCUT2D eigenvalue weighted by molar-refractivity contribution is 0.477. The Balaban J connectivity index is 2.43. The van der Waals surface area contributed by atoms with Gasteiger partial charge in [-0.05, 0) is 36.8 Å². The first kappa shape index (κ1) is 14.3. The predicted molar refractivity (Wildman–Crippen MR) is 70.0 cm³/mol. The molecule has 0 atom stereocenters. The summed E-state index contributed by atoms with van der Waals surface area (Å²) in [6.45, 7) is 1.60. The third-order valence-electron chi connectivity index (χ3n) is 2.69. The average Bonchev–Trinajstić information content (AvgIpc) is 2.37. The van der Waals surface area contributed by atoms with E-state index in [2.05, 4.69) is 4.72 Å². The zero-order chi connectivity index (χ0) is 14.9. The molecule has 106 valence electrons. The molecule has 7 heteroatoms. The number of aryl methyl sites for hydroxylation is 1. The Hall–Kier alpha value is -2.15. The van der Waals surface area contributed by atoms with Crippen LogP contribution in [0.3, 0.4) is 0 Å². The predicted octanol–water partition coefficient (Wildman–Crippen LogP) is 2.78. The Morgan fingerprint density at radius 3 is 2.40 bits per heavy atom. The Bertz CT molecular complexity index is 740. The largest absolute Gasteiger partial charge is 0.506 e.